The lowest BCUT2D eigenvalue weighted by Gasteiger charge is -2.26. The molecule has 0 bridgehead atoms. The molecule has 7 heteroatoms. The van der Waals surface area contributed by atoms with Crippen LogP contribution in [0.25, 0.3) is 5.57 Å². The van der Waals surface area contributed by atoms with Crippen molar-refractivity contribution < 1.29 is 22.0 Å². The zero-order valence-electron chi connectivity index (χ0n) is 14.7. The van der Waals surface area contributed by atoms with Gasteiger partial charge in [0.15, 0.2) is 29.1 Å². The van der Waals surface area contributed by atoms with E-state index in [1.807, 2.05) is 31.2 Å². The molecule has 0 fully saturated rings. The smallest absolute Gasteiger partial charge is 0.320 e. The van der Waals surface area contributed by atoms with Gasteiger partial charge in [0.05, 0.1) is 0 Å². The van der Waals surface area contributed by atoms with Gasteiger partial charge in [0.1, 0.15) is 0 Å². The van der Waals surface area contributed by atoms with Crippen LogP contribution in [0, 0.1) is 36.0 Å². The number of hydrogen-bond donors (Lipinski definition) is 1. The highest BCUT2D eigenvalue weighted by molar-refractivity contribution is 6.82. The lowest BCUT2D eigenvalue weighted by atomic mass is 9.52. The Morgan fingerprint density at radius 1 is 0.750 bits per heavy atom. The number of benzene rings is 3. The van der Waals surface area contributed by atoms with Crippen LogP contribution >= 0.6 is 0 Å². The maximum Gasteiger partial charge on any atom is 0.320 e. The molecule has 0 saturated heterocycles. The van der Waals surface area contributed by atoms with E-state index in [4.69, 9.17) is 0 Å². The first-order valence-corrected chi connectivity index (χ1v) is 8.54. The molecule has 28 heavy (non-hydrogen) atoms. The molecule has 0 amide bonds. The van der Waals surface area contributed by atoms with E-state index in [0.29, 0.717) is 11.3 Å². The van der Waals surface area contributed by atoms with E-state index in [9.17, 15) is 22.0 Å². The third-order valence-corrected chi connectivity index (χ3v) is 4.75. The summed E-state index contributed by atoms with van der Waals surface area (Å²) in [6.45, 7) is 0.675. The molecule has 0 spiro atoms. The minimum atomic E-state index is -2.17. The summed E-state index contributed by atoms with van der Waals surface area (Å²) in [5.74, 6) is -8.28. The van der Waals surface area contributed by atoms with Gasteiger partial charge in [-0.1, -0.05) is 47.9 Å². The number of rotatable bonds is 2. The molecule has 0 atom stereocenters. The molecule has 0 unspecified atom stereocenters. The molecule has 0 radical (unpaired) electrons. The second-order valence-corrected chi connectivity index (χ2v) is 6.60. The number of fused-ring (bicyclic) bond motifs is 1. The van der Waals surface area contributed by atoms with E-state index < -0.39 is 41.4 Å². The van der Waals surface area contributed by atoms with Crippen molar-refractivity contribution in [3.63, 3.8) is 0 Å². The van der Waals surface area contributed by atoms with Gasteiger partial charge in [-0.25, -0.2) is 22.0 Å². The van der Waals surface area contributed by atoms with Crippen molar-refractivity contribution >= 4 is 23.6 Å². The van der Waals surface area contributed by atoms with Crippen LogP contribution in [0.5, 0.6) is 0 Å². The van der Waals surface area contributed by atoms with Crippen LogP contribution in [-0.2, 0) is 0 Å². The Hall–Kier alpha value is -3.09. The first-order chi connectivity index (χ1) is 13.4. The van der Waals surface area contributed by atoms with E-state index in [1.165, 1.54) is 5.98 Å². The predicted molar refractivity (Wildman–Crippen MR) is 99.9 cm³/mol. The zero-order chi connectivity index (χ0) is 20.0. The molecule has 1 aliphatic heterocycles. The maximum atomic E-state index is 14.4. The fraction of sp³-hybridized carbons (Fsp3) is 0.0476. The topological polar surface area (TPSA) is 12.0 Å². The number of aryl methyl sites for hydroxylation is 1. The predicted octanol–water partition coefficient (Wildman–Crippen LogP) is 4.99. The van der Waals surface area contributed by atoms with Crippen LogP contribution in [0.2, 0.25) is 0 Å². The average molecular weight is 385 g/mol. The van der Waals surface area contributed by atoms with Crippen molar-refractivity contribution in [2.75, 3.05) is 5.23 Å². The molecule has 0 aromatic heterocycles. The average Bonchev–Trinajstić information content (AvgIpc) is 2.71. The van der Waals surface area contributed by atoms with Gasteiger partial charge < -0.3 is 5.23 Å². The molecule has 1 aliphatic rings. The van der Waals surface area contributed by atoms with Gasteiger partial charge in [-0.15, -0.1) is 0 Å². The first kappa shape index (κ1) is 18.3. The molecule has 0 saturated carbocycles. The Balaban J connectivity index is 1.95. The number of nitrogens with one attached hydrogen (secondary N) is 1. The van der Waals surface area contributed by atoms with Crippen LogP contribution in [0.1, 0.15) is 16.7 Å². The Morgan fingerprint density at radius 3 is 2.00 bits per heavy atom. The third kappa shape index (κ3) is 2.87. The van der Waals surface area contributed by atoms with Crippen LogP contribution in [0.15, 0.2) is 54.5 Å². The van der Waals surface area contributed by atoms with Crippen molar-refractivity contribution in [3.05, 3.63) is 100 Å². The summed E-state index contributed by atoms with van der Waals surface area (Å²) in [6, 6.07) is 14.5. The van der Waals surface area contributed by atoms with E-state index in [1.54, 1.807) is 24.3 Å². The summed E-state index contributed by atoms with van der Waals surface area (Å²) < 4.78 is 69.6. The summed E-state index contributed by atoms with van der Waals surface area (Å²) in [5, 5.41) is 2.88. The molecule has 1 N–H and O–H groups in total. The van der Waals surface area contributed by atoms with Gasteiger partial charge in [-0.2, -0.15) is 0 Å². The van der Waals surface area contributed by atoms with Crippen molar-refractivity contribution in [3.8, 4) is 0 Å². The molecule has 3 aromatic carbocycles. The molecular formula is C21H13BF5N. The highest BCUT2D eigenvalue weighted by atomic mass is 19.2. The van der Waals surface area contributed by atoms with Gasteiger partial charge in [0.2, 0.25) is 0 Å². The van der Waals surface area contributed by atoms with Crippen molar-refractivity contribution in [2.24, 2.45) is 0 Å². The van der Waals surface area contributed by atoms with Crippen LogP contribution in [0.4, 0.5) is 27.6 Å². The normalized spacial score (nSPS) is 13.1. The number of halogens is 5. The molecule has 1 nitrogen and oxygen atoms in total. The van der Waals surface area contributed by atoms with Gasteiger partial charge >= 0.3 is 6.85 Å². The van der Waals surface area contributed by atoms with Crippen molar-refractivity contribution in [2.45, 2.75) is 6.92 Å². The molecule has 140 valence electrons. The Kier molecular flexibility index (Phi) is 4.45. The first-order valence-electron chi connectivity index (χ1n) is 8.54. The van der Waals surface area contributed by atoms with Gasteiger partial charge in [-0.3, -0.25) is 0 Å². The van der Waals surface area contributed by atoms with E-state index in [-0.39, 0.29) is 0 Å². The van der Waals surface area contributed by atoms with E-state index in [2.05, 4.69) is 5.23 Å². The third-order valence-electron chi connectivity index (χ3n) is 4.75. The minimum Gasteiger partial charge on any atom is -0.420 e. The Labute approximate surface area is 158 Å². The number of anilines is 1. The second kappa shape index (κ2) is 6.82. The lowest BCUT2D eigenvalue weighted by Crippen LogP contribution is -2.44. The largest absolute Gasteiger partial charge is 0.420 e. The zero-order valence-corrected chi connectivity index (χ0v) is 14.7. The maximum absolute atomic E-state index is 14.4. The Morgan fingerprint density at radius 2 is 1.36 bits per heavy atom. The van der Waals surface area contributed by atoms with Gasteiger partial charge in [0, 0.05) is 16.7 Å². The minimum absolute atomic E-state index is 0.542. The molecule has 0 aliphatic carbocycles. The fourth-order valence-corrected chi connectivity index (χ4v) is 3.39. The summed E-state index contributed by atoms with van der Waals surface area (Å²) >= 11 is 0. The Bertz CT molecular complexity index is 1080. The van der Waals surface area contributed by atoms with Crippen molar-refractivity contribution in [1.29, 1.82) is 0 Å². The van der Waals surface area contributed by atoms with E-state index >= 15 is 0 Å². The lowest BCUT2D eigenvalue weighted by molar-refractivity contribution is 0.384. The molecule has 4 rings (SSSR count). The van der Waals surface area contributed by atoms with Gasteiger partial charge in [0.25, 0.3) is 0 Å². The highest BCUT2D eigenvalue weighted by Crippen LogP contribution is 2.34. The SMILES string of the molecule is Cc1ccc2c(c1)C(c1ccccc1)=CB(c1c(F)c(F)c(F)c(F)c1F)N2. The van der Waals surface area contributed by atoms with Crippen LogP contribution < -0.4 is 10.7 Å². The summed E-state index contributed by atoms with van der Waals surface area (Å²) in [6.07, 6.45) is 0. The molecule has 1 heterocycles. The molecular weight excluding hydrogens is 372 g/mol. The standard InChI is InChI=1S/C21H13BF5N/c1-11-7-8-15-13(9-11)14(12-5-3-2-4-6-12)10-22(28-15)16-17(23)19(25)21(27)20(26)18(16)24/h2-10,28H,1H3. The quantitative estimate of drug-likeness (QED) is 0.284. The second-order valence-electron chi connectivity index (χ2n) is 6.60. The van der Waals surface area contributed by atoms with Crippen LogP contribution in [-0.4, -0.2) is 6.85 Å². The van der Waals surface area contributed by atoms with Crippen molar-refractivity contribution in [1.82, 2.24) is 0 Å². The fourth-order valence-electron chi connectivity index (χ4n) is 3.39. The summed E-state index contributed by atoms with van der Waals surface area (Å²) in [7, 11) is 0. The molecule has 3 aromatic rings. The van der Waals surface area contributed by atoms with Crippen LogP contribution in [0.3, 0.4) is 0 Å². The van der Waals surface area contributed by atoms with E-state index in [0.717, 1.165) is 16.7 Å². The van der Waals surface area contributed by atoms with Gasteiger partial charge in [-0.05, 0) is 30.2 Å². The summed E-state index contributed by atoms with van der Waals surface area (Å²) in [4.78, 5) is 0. The monoisotopic (exact) mass is 385 g/mol. The summed E-state index contributed by atoms with van der Waals surface area (Å²) in [5.41, 5.74) is 2.80. The highest BCUT2D eigenvalue weighted by Gasteiger charge is 2.34. The number of hydrogen-bond acceptors (Lipinski definition) is 1.